The average Bonchev–Trinajstić information content (AvgIpc) is 3.26. The summed E-state index contributed by atoms with van der Waals surface area (Å²) in [6.45, 7) is 6.69. The lowest BCUT2D eigenvalue weighted by Gasteiger charge is -2.26. The van der Waals surface area contributed by atoms with E-state index in [-0.39, 0.29) is 0 Å². The molecule has 29 heavy (non-hydrogen) atoms. The number of morpholine rings is 1. The number of aromatic nitrogens is 2. The van der Waals surface area contributed by atoms with E-state index in [9.17, 15) is 0 Å². The van der Waals surface area contributed by atoms with Crippen molar-refractivity contribution in [1.29, 1.82) is 0 Å². The highest BCUT2D eigenvalue weighted by Crippen LogP contribution is 2.32. The van der Waals surface area contributed by atoms with Gasteiger partial charge in [-0.25, -0.2) is 4.57 Å². The molecule has 0 unspecified atom stereocenters. The maximum absolute atomic E-state index is 6.13. The summed E-state index contributed by atoms with van der Waals surface area (Å²) in [4.78, 5) is 7.05. The van der Waals surface area contributed by atoms with E-state index in [0.29, 0.717) is 0 Å². The van der Waals surface area contributed by atoms with Crippen molar-refractivity contribution in [2.24, 2.45) is 0 Å². The van der Waals surface area contributed by atoms with Crippen LogP contribution in [0.1, 0.15) is 18.5 Å². The molecule has 0 radical (unpaired) electrons. The minimum Gasteiger partial charge on any atom is -0.494 e. The maximum atomic E-state index is 6.13. The number of nitrogens with zero attached hydrogens (tertiary/aromatic N) is 3. The van der Waals surface area contributed by atoms with Gasteiger partial charge in [0, 0.05) is 44.1 Å². The monoisotopic (exact) mass is 390 g/mol. The minimum atomic E-state index is 0.748. The van der Waals surface area contributed by atoms with E-state index in [0.717, 1.165) is 70.3 Å². The Balaban J connectivity index is 1.37. The molecule has 0 aliphatic carbocycles. The Morgan fingerprint density at radius 3 is 2.90 bits per heavy atom. The van der Waals surface area contributed by atoms with Gasteiger partial charge >= 0.3 is 0 Å². The molecule has 2 aliphatic heterocycles. The molecule has 1 saturated heterocycles. The summed E-state index contributed by atoms with van der Waals surface area (Å²) in [5.41, 5.74) is 3.64. The summed E-state index contributed by atoms with van der Waals surface area (Å²) in [5.74, 6) is 0.965. The van der Waals surface area contributed by atoms with Gasteiger partial charge < -0.3 is 9.47 Å². The van der Waals surface area contributed by atoms with E-state index in [1.807, 2.05) is 12.3 Å². The first-order valence-electron chi connectivity index (χ1n) is 10.7. The van der Waals surface area contributed by atoms with Gasteiger partial charge in [0.2, 0.25) is 0 Å². The highest BCUT2D eigenvalue weighted by molar-refractivity contribution is 5.96. The summed E-state index contributed by atoms with van der Waals surface area (Å²) in [6.07, 6.45) is 7.50. The molecule has 1 aromatic carbocycles. The quantitative estimate of drug-likeness (QED) is 0.478. The number of hydrogen-bond acceptors (Lipinski definition) is 4. The molecule has 5 nitrogen and oxygen atoms in total. The Labute approximate surface area is 171 Å². The van der Waals surface area contributed by atoms with E-state index in [4.69, 9.17) is 9.47 Å². The zero-order chi connectivity index (χ0) is 19.5. The van der Waals surface area contributed by atoms with E-state index >= 15 is 0 Å². The molecule has 1 fully saturated rings. The molecule has 0 atom stereocenters. The normalized spacial score (nSPS) is 16.8. The lowest BCUT2D eigenvalue weighted by molar-refractivity contribution is -0.689. The van der Waals surface area contributed by atoms with Crippen LogP contribution < -0.4 is 9.30 Å². The lowest BCUT2D eigenvalue weighted by Crippen LogP contribution is -2.37. The number of benzene rings is 1. The van der Waals surface area contributed by atoms with Gasteiger partial charge in [-0.2, -0.15) is 0 Å². The molecular formula is C24H28N3O2+. The zero-order valence-corrected chi connectivity index (χ0v) is 16.8. The van der Waals surface area contributed by atoms with Crippen LogP contribution in [0.4, 0.5) is 0 Å². The van der Waals surface area contributed by atoms with Crippen molar-refractivity contribution < 1.29 is 14.0 Å². The predicted octanol–water partition coefficient (Wildman–Crippen LogP) is 3.24. The molecule has 150 valence electrons. The molecular weight excluding hydrogens is 362 g/mol. The fourth-order valence-corrected chi connectivity index (χ4v) is 4.47. The van der Waals surface area contributed by atoms with E-state index < -0.39 is 0 Å². The fraction of sp³-hybridized carbons (Fsp3) is 0.417. The first kappa shape index (κ1) is 18.5. The smallest absolute Gasteiger partial charge is 0.189 e. The molecule has 5 rings (SSSR count). The summed E-state index contributed by atoms with van der Waals surface area (Å²) in [5, 5.41) is 2.56. The molecule has 0 amide bonds. The molecule has 5 heteroatoms. The first-order valence-corrected chi connectivity index (χ1v) is 10.7. The molecule has 0 bridgehead atoms. The Morgan fingerprint density at radius 2 is 2.03 bits per heavy atom. The minimum absolute atomic E-state index is 0.748. The standard InChI is InChI=1S/C24H28N3O2/c1-2-9-25-23(5-1)22-18-27-11-3-6-24(27)21-17-19(7-8-20(21)22)29-14-4-10-26-12-15-28-16-13-26/h1-2,5,7-9,17-18H,3-4,6,10-16H2/q+1. The van der Waals surface area contributed by atoms with Crippen LogP contribution in [-0.4, -0.2) is 49.3 Å². The highest BCUT2D eigenvalue weighted by Gasteiger charge is 2.25. The van der Waals surface area contributed by atoms with Gasteiger partial charge in [-0.05, 0) is 36.8 Å². The first-order chi connectivity index (χ1) is 14.4. The van der Waals surface area contributed by atoms with Gasteiger partial charge in [0.05, 0.1) is 36.5 Å². The van der Waals surface area contributed by atoms with Crippen molar-refractivity contribution in [3.05, 3.63) is 54.5 Å². The van der Waals surface area contributed by atoms with Crippen LogP contribution in [0.3, 0.4) is 0 Å². The SMILES string of the molecule is c1ccc(-c2c[n+]3c(c4cc(OCCCN5CCOCC5)ccc24)CCC3)nc1. The van der Waals surface area contributed by atoms with Crippen molar-refractivity contribution in [2.75, 3.05) is 39.5 Å². The number of rotatable bonds is 6. The highest BCUT2D eigenvalue weighted by atomic mass is 16.5. The Kier molecular flexibility index (Phi) is 5.41. The van der Waals surface area contributed by atoms with Crippen LogP contribution in [0.15, 0.2) is 48.8 Å². The molecule has 0 saturated carbocycles. The summed E-state index contributed by atoms with van der Waals surface area (Å²) in [7, 11) is 0. The summed E-state index contributed by atoms with van der Waals surface area (Å²) >= 11 is 0. The number of ether oxygens (including phenoxy) is 2. The molecule has 2 aliphatic rings. The average molecular weight is 391 g/mol. The lowest BCUT2D eigenvalue weighted by atomic mass is 10.0. The number of hydrogen-bond donors (Lipinski definition) is 0. The second-order valence-electron chi connectivity index (χ2n) is 7.86. The Bertz CT molecular complexity index is 984. The third kappa shape index (κ3) is 3.98. The van der Waals surface area contributed by atoms with E-state index in [1.54, 1.807) is 0 Å². The Hall–Kier alpha value is -2.50. The number of fused-ring (bicyclic) bond motifs is 3. The van der Waals surface area contributed by atoms with Crippen molar-refractivity contribution in [3.8, 4) is 17.0 Å². The summed E-state index contributed by atoms with van der Waals surface area (Å²) < 4.78 is 13.9. The second-order valence-corrected chi connectivity index (χ2v) is 7.86. The van der Waals surface area contributed by atoms with Crippen LogP contribution >= 0.6 is 0 Å². The topological polar surface area (TPSA) is 38.5 Å². The number of aryl methyl sites for hydroxylation is 2. The van der Waals surface area contributed by atoms with Crippen molar-refractivity contribution in [2.45, 2.75) is 25.8 Å². The zero-order valence-electron chi connectivity index (χ0n) is 16.8. The molecule has 0 N–H and O–H groups in total. The van der Waals surface area contributed by atoms with Gasteiger partial charge in [-0.3, -0.25) is 9.88 Å². The van der Waals surface area contributed by atoms with Crippen molar-refractivity contribution >= 4 is 10.8 Å². The van der Waals surface area contributed by atoms with E-state index in [1.165, 1.54) is 28.5 Å². The Morgan fingerprint density at radius 1 is 1.10 bits per heavy atom. The van der Waals surface area contributed by atoms with Crippen LogP contribution in [-0.2, 0) is 17.7 Å². The summed E-state index contributed by atoms with van der Waals surface area (Å²) in [6, 6.07) is 12.7. The second kappa shape index (κ2) is 8.47. The van der Waals surface area contributed by atoms with Crippen molar-refractivity contribution in [3.63, 3.8) is 0 Å². The van der Waals surface area contributed by atoms with E-state index in [2.05, 4.69) is 51.0 Å². The molecule has 2 aromatic heterocycles. The number of pyridine rings is 2. The molecule has 4 heterocycles. The predicted molar refractivity (Wildman–Crippen MR) is 113 cm³/mol. The maximum Gasteiger partial charge on any atom is 0.189 e. The van der Waals surface area contributed by atoms with Crippen molar-refractivity contribution in [1.82, 2.24) is 9.88 Å². The van der Waals surface area contributed by atoms with Gasteiger partial charge in [-0.15, -0.1) is 0 Å². The van der Waals surface area contributed by atoms with Crippen LogP contribution in [0, 0.1) is 0 Å². The molecule has 0 spiro atoms. The molecule has 3 aromatic rings. The third-order valence-corrected chi connectivity index (χ3v) is 5.97. The fourth-order valence-electron chi connectivity index (χ4n) is 4.47. The third-order valence-electron chi connectivity index (χ3n) is 5.97. The van der Waals surface area contributed by atoms with Gasteiger partial charge in [0.1, 0.15) is 12.3 Å². The van der Waals surface area contributed by atoms with Crippen LogP contribution in [0.25, 0.3) is 22.0 Å². The van der Waals surface area contributed by atoms with Gasteiger partial charge in [0.25, 0.3) is 0 Å². The van der Waals surface area contributed by atoms with Gasteiger partial charge in [-0.1, -0.05) is 6.07 Å². The van der Waals surface area contributed by atoms with Crippen LogP contribution in [0.5, 0.6) is 5.75 Å². The van der Waals surface area contributed by atoms with Gasteiger partial charge in [0.15, 0.2) is 11.9 Å². The van der Waals surface area contributed by atoms with Crippen LogP contribution in [0.2, 0.25) is 0 Å². The largest absolute Gasteiger partial charge is 0.494 e.